The largest absolute Gasteiger partial charge is 0.416 e. The Morgan fingerprint density at radius 3 is 2.79 bits per heavy atom. The lowest BCUT2D eigenvalue weighted by Crippen LogP contribution is -2.51. The molecule has 0 aliphatic carbocycles. The number of hydrogen-bond acceptors (Lipinski definition) is 3. The molecule has 1 aromatic heterocycles. The van der Waals surface area contributed by atoms with Gasteiger partial charge in [0.05, 0.1) is 13.2 Å². The fraction of sp³-hybridized carbons (Fsp3) is 0.333. The molecule has 1 saturated heterocycles. The van der Waals surface area contributed by atoms with Crippen LogP contribution in [0, 0.1) is 5.82 Å². The lowest BCUT2D eigenvalue weighted by molar-refractivity contribution is -0.233. The number of carbonyl (C=O) groups is 1. The number of morpholine rings is 1. The molecule has 24 heavy (non-hydrogen) atoms. The van der Waals surface area contributed by atoms with Crippen LogP contribution in [0.5, 0.6) is 0 Å². The second-order valence-corrected chi connectivity index (χ2v) is 5.37. The van der Waals surface area contributed by atoms with Crippen LogP contribution in [0.2, 0.25) is 0 Å². The Balaban J connectivity index is 1.94. The van der Waals surface area contributed by atoms with Crippen LogP contribution in [-0.2, 0) is 4.74 Å². The molecule has 5 nitrogen and oxygen atoms in total. The van der Waals surface area contributed by atoms with Gasteiger partial charge in [-0.1, -0.05) is 0 Å². The molecule has 0 saturated carbocycles. The van der Waals surface area contributed by atoms with Gasteiger partial charge in [-0.2, -0.15) is 13.2 Å². The number of pyridine rings is 1. The summed E-state index contributed by atoms with van der Waals surface area (Å²) in [7, 11) is 0. The van der Waals surface area contributed by atoms with Gasteiger partial charge in [0.2, 0.25) is 5.43 Å². The average Bonchev–Trinajstić information content (AvgIpc) is 2.54. The summed E-state index contributed by atoms with van der Waals surface area (Å²) in [4.78, 5) is 28.4. The van der Waals surface area contributed by atoms with Crippen molar-refractivity contribution < 1.29 is 27.1 Å². The third-order valence-electron chi connectivity index (χ3n) is 3.79. The van der Waals surface area contributed by atoms with E-state index in [4.69, 9.17) is 0 Å². The average molecular weight is 344 g/mol. The second kappa shape index (κ2) is 5.90. The highest BCUT2D eigenvalue weighted by atomic mass is 19.4. The highest BCUT2D eigenvalue weighted by molar-refractivity contribution is 5.97. The van der Waals surface area contributed by atoms with Crippen LogP contribution in [0.4, 0.5) is 17.6 Å². The van der Waals surface area contributed by atoms with Crippen molar-refractivity contribution in [2.75, 3.05) is 19.7 Å². The molecule has 9 heteroatoms. The number of alkyl halides is 3. The van der Waals surface area contributed by atoms with E-state index in [-0.39, 0.29) is 24.1 Å². The monoisotopic (exact) mass is 344 g/mol. The molecule has 128 valence electrons. The van der Waals surface area contributed by atoms with E-state index in [9.17, 15) is 27.2 Å². The molecule has 1 amide bonds. The van der Waals surface area contributed by atoms with Gasteiger partial charge in [0.25, 0.3) is 5.91 Å². The zero-order chi connectivity index (χ0) is 17.5. The number of nitrogens with zero attached hydrogens (tertiary/aromatic N) is 1. The summed E-state index contributed by atoms with van der Waals surface area (Å²) in [6.07, 6.45) is -5.56. The first-order chi connectivity index (χ1) is 11.3. The van der Waals surface area contributed by atoms with E-state index < -0.39 is 36.0 Å². The fourth-order valence-corrected chi connectivity index (χ4v) is 2.55. The van der Waals surface area contributed by atoms with Gasteiger partial charge in [0, 0.05) is 23.6 Å². The molecule has 1 fully saturated rings. The summed E-state index contributed by atoms with van der Waals surface area (Å²) in [5, 5.41) is -0.0403. The zero-order valence-corrected chi connectivity index (χ0v) is 12.2. The summed E-state index contributed by atoms with van der Waals surface area (Å²) in [6, 6.07) is 3.47. The highest BCUT2D eigenvalue weighted by Crippen LogP contribution is 2.26. The van der Waals surface area contributed by atoms with Crippen LogP contribution in [0.1, 0.15) is 10.4 Å². The molecular weight excluding hydrogens is 332 g/mol. The number of benzene rings is 1. The van der Waals surface area contributed by atoms with Gasteiger partial charge in [0.15, 0.2) is 6.10 Å². The molecule has 2 heterocycles. The van der Waals surface area contributed by atoms with Crippen molar-refractivity contribution in [2.45, 2.75) is 12.3 Å². The Labute approximate surface area is 132 Å². The van der Waals surface area contributed by atoms with Crippen LogP contribution < -0.4 is 5.43 Å². The normalized spacial score (nSPS) is 18.8. The molecular formula is C15H12F4N2O3. The second-order valence-electron chi connectivity index (χ2n) is 5.37. The van der Waals surface area contributed by atoms with Gasteiger partial charge in [0.1, 0.15) is 11.4 Å². The van der Waals surface area contributed by atoms with Gasteiger partial charge >= 0.3 is 6.18 Å². The van der Waals surface area contributed by atoms with Gasteiger partial charge in [-0.05, 0) is 18.2 Å². The third kappa shape index (κ3) is 2.99. The number of carbonyl (C=O) groups excluding carboxylic acids is 1. The number of halogens is 4. The lowest BCUT2D eigenvalue weighted by atomic mass is 10.1. The SMILES string of the molecule is O=C(c1c[nH]c2ccc(F)cc2c1=O)N1CCO[C@@H](C(F)(F)F)C1. The first-order valence-corrected chi connectivity index (χ1v) is 7.06. The molecule has 2 aromatic rings. The summed E-state index contributed by atoms with van der Waals surface area (Å²) in [5.74, 6) is -1.50. The molecule has 3 rings (SSSR count). The minimum absolute atomic E-state index is 0.0403. The van der Waals surface area contributed by atoms with E-state index >= 15 is 0 Å². The molecule has 1 aromatic carbocycles. The number of aromatic amines is 1. The number of aromatic nitrogens is 1. The van der Waals surface area contributed by atoms with Crippen molar-refractivity contribution in [1.82, 2.24) is 9.88 Å². The van der Waals surface area contributed by atoms with E-state index in [2.05, 4.69) is 9.72 Å². The van der Waals surface area contributed by atoms with E-state index in [0.717, 1.165) is 23.2 Å². The summed E-state index contributed by atoms with van der Waals surface area (Å²) in [5.41, 5.74) is -0.743. The number of nitrogens with one attached hydrogen (secondary N) is 1. The van der Waals surface area contributed by atoms with Crippen molar-refractivity contribution in [3.05, 3.63) is 46.0 Å². The van der Waals surface area contributed by atoms with Crippen molar-refractivity contribution in [3.8, 4) is 0 Å². The summed E-state index contributed by atoms with van der Waals surface area (Å²) >= 11 is 0. The summed E-state index contributed by atoms with van der Waals surface area (Å²) < 4.78 is 56.1. The van der Waals surface area contributed by atoms with Crippen molar-refractivity contribution >= 4 is 16.8 Å². The molecule has 0 radical (unpaired) electrons. The summed E-state index contributed by atoms with van der Waals surface area (Å²) in [6.45, 7) is -1.04. The molecule has 0 unspecified atom stereocenters. The van der Waals surface area contributed by atoms with Crippen molar-refractivity contribution in [2.24, 2.45) is 0 Å². The van der Waals surface area contributed by atoms with E-state index in [1.165, 1.54) is 6.07 Å². The smallest absolute Gasteiger partial charge is 0.365 e. The number of hydrogen-bond donors (Lipinski definition) is 1. The van der Waals surface area contributed by atoms with Crippen molar-refractivity contribution in [1.29, 1.82) is 0 Å². The Kier molecular flexibility index (Phi) is 4.04. The Morgan fingerprint density at radius 1 is 1.33 bits per heavy atom. The molecule has 1 aliphatic rings. The quantitative estimate of drug-likeness (QED) is 0.806. The number of H-pyrrole nitrogens is 1. The Hall–Kier alpha value is -2.42. The topological polar surface area (TPSA) is 62.4 Å². The minimum Gasteiger partial charge on any atom is -0.365 e. The maximum atomic E-state index is 13.3. The first-order valence-electron chi connectivity index (χ1n) is 7.06. The highest BCUT2D eigenvalue weighted by Gasteiger charge is 2.44. The lowest BCUT2D eigenvalue weighted by Gasteiger charge is -2.33. The maximum Gasteiger partial charge on any atom is 0.416 e. The predicted molar refractivity (Wildman–Crippen MR) is 76.2 cm³/mol. The minimum atomic E-state index is -4.60. The Morgan fingerprint density at radius 2 is 2.08 bits per heavy atom. The maximum absolute atomic E-state index is 13.3. The zero-order valence-electron chi connectivity index (χ0n) is 12.2. The number of amides is 1. The van der Waals surface area contributed by atoms with Gasteiger partial charge in [-0.3, -0.25) is 9.59 Å². The Bertz CT molecular complexity index is 847. The van der Waals surface area contributed by atoms with E-state index in [1.54, 1.807) is 0 Å². The van der Waals surface area contributed by atoms with Crippen LogP contribution in [0.25, 0.3) is 10.9 Å². The van der Waals surface area contributed by atoms with Gasteiger partial charge < -0.3 is 14.6 Å². The third-order valence-corrected chi connectivity index (χ3v) is 3.79. The van der Waals surface area contributed by atoms with Crippen LogP contribution in [0.3, 0.4) is 0 Å². The number of ether oxygens (including phenoxy) is 1. The van der Waals surface area contributed by atoms with E-state index in [0.29, 0.717) is 5.52 Å². The fourth-order valence-electron chi connectivity index (χ4n) is 2.55. The molecule has 0 spiro atoms. The number of rotatable bonds is 1. The molecule has 1 N–H and O–H groups in total. The van der Waals surface area contributed by atoms with E-state index in [1.807, 2.05) is 0 Å². The van der Waals surface area contributed by atoms with Crippen LogP contribution in [-0.4, -0.2) is 47.8 Å². The molecule has 0 bridgehead atoms. The molecule has 1 atom stereocenters. The number of fused-ring (bicyclic) bond motifs is 1. The first kappa shape index (κ1) is 16.4. The van der Waals surface area contributed by atoms with Gasteiger partial charge in [-0.25, -0.2) is 4.39 Å². The van der Waals surface area contributed by atoms with Crippen molar-refractivity contribution in [3.63, 3.8) is 0 Å². The van der Waals surface area contributed by atoms with Crippen LogP contribution in [0.15, 0.2) is 29.2 Å². The predicted octanol–water partition coefficient (Wildman–Crippen LogP) is 2.07. The van der Waals surface area contributed by atoms with Gasteiger partial charge in [-0.15, -0.1) is 0 Å². The molecule has 1 aliphatic heterocycles. The van der Waals surface area contributed by atoms with Crippen LogP contribution >= 0.6 is 0 Å². The standard InChI is InChI=1S/C15H12F4N2O3/c16-8-1-2-11-9(5-8)13(22)10(6-20-11)14(23)21-3-4-24-12(7-21)15(17,18)19/h1-2,5-6,12H,3-4,7H2,(H,20,22)/t12-/m1/s1.